The monoisotopic (exact) mass is 514 g/mol. The van der Waals surface area contributed by atoms with Crippen molar-refractivity contribution in [3.8, 4) is 5.75 Å². The minimum absolute atomic E-state index is 0.0752. The van der Waals surface area contributed by atoms with Gasteiger partial charge in [0, 0.05) is 29.2 Å². The molecule has 1 unspecified atom stereocenters. The zero-order chi connectivity index (χ0) is 26.3. The third kappa shape index (κ3) is 6.01. The highest BCUT2D eigenvalue weighted by Crippen LogP contribution is 2.34. The van der Waals surface area contributed by atoms with Gasteiger partial charge in [0.05, 0.1) is 12.6 Å². The highest BCUT2D eigenvalue weighted by Gasteiger charge is 2.28. The van der Waals surface area contributed by atoms with E-state index >= 15 is 0 Å². The number of carbonyl (C=O) groups is 1. The number of aromatic nitrogens is 1. The van der Waals surface area contributed by atoms with Gasteiger partial charge in [-0.25, -0.2) is 0 Å². The smallest absolute Gasteiger partial charge is 0.262 e. The zero-order valence-electron chi connectivity index (χ0n) is 23.6. The number of unbranched alkanes of at least 4 members (excludes halogenated alkanes) is 1. The fraction of sp³-hybridized carbons (Fsp3) is 0.559. The summed E-state index contributed by atoms with van der Waals surface area (Å²) in [5, 5.41) is 1.18. The molecular formula is C34H46N2O2. The van der Waals surface area contributed by atoms with Crippen LogP contribution in [-0.2, 0) is 12.8 Å². The van der Waals surface area contributed by atoms with Gasteiger partial charge in [-0.1, -0.05) is 70.1 Å². The van der Waals surface area contributed by atoms with Crippen LogP contribution in [0.1, 0.15) is 99.2 Å². The van der Waals surface area contributed by atoms with Crippen LogP contribution in [0.25, 0.3) is 10.9 Å². The van der Waals surface area contributed by atoms with Gasteiger partial charge in [-0.2, -0.15) is 0 Å². The van der Waals surface area contributed by atoms with Gasteiger partial charge < -0.3 is 9.64 Å². The number of nitrogens with zero attached hydrogens (tertiary/aromatic N) is 2. The summed E-state index contributed by atoms with van der Waals surface area (Å²) in [5.74, 6) is 1.86. The average Bonchev–Trinajstić information content (AvgIpc) is 3.28. The number of hydrogen-bond acceptors (Lipinski definition) is 3. The van der Waals surface area contributed by atoms with E-state index in [9.17, 15) is 4.79 Å². The Kier molecular flexibility index (Phi) is 9.22. The van der Waals surface area contributed by atoms with Crippen molar-refractivity contribution in [3.63, 3.8) is 0 Å². The normalized spacial score (nSPS) is 19.2. The molecule has 4 heteroatoms. The van der Waals surface area contributed by atoms with E-state index in [2.05, 4.69) is 24.0 Å². The molecule has 2 heterocycles. The molecule has 2 aromatic carbocycles. The molecule has 2 fully saturated rings. The average molecular weight is 515 g/mol. The molecule has 0 amide bonds. The molecule has 1 aromatic heterocycles. The van der Waals surface area contributed by atoms with E-state index in [0.29, 0.717) is 0 Å². The first-order valence-electron chi connectivity index (χ1n) is 15.2. The minimum atomic E-state index is 0.0752. The van der Waals surface area contributed by atoms with Crippen molar-refractivity contribution in [1.29, 1.82) is 0 Å². The molecule has 0 N–H and O–H groups in total. The van der Waals surface area contributed by atoms with Gasteiger partial charge in [0.1, 0.15) is 5.75 Å². The van der Waals surface area contributed by atoms with Crippen LogP contribution in [0.15, 0.2) is 48.5 Å². The molecular weight excluding hydrogens is 468 g/mol. The predicted octanol–water partition coefficient (Wildman–Crippen LogP) is 8.05. The van der Waals surface area contributed by atoms with Gasteiger partial charge in [-0.15, -0.1) is 0 Å². The van der Waals surface area contributed by atoms with Crippen molar-refractivity contribution in [2.75, 3.05) is 20.2 Å². The molecule has 4 nitrogen and oxygen atoms in total. The summed E-state index contributed by atoms with van der Waals surface area (Å²) in [6, 6.07) is 16.7. The van der Waals surface area contributed by atoms with Crippen LogP contribution in [0.3, 0.4) is 0 Å². The largest absolute Gasteiger partial charge is 0.497 e. The van der Waals surface area contributed by atoms with Crippen molar-refractivity contribution < 1.29 is 9.53 Å². The van der Waals surface area contributed by atoms with Crippen molar-refractivity contribution in [3.05, 3.63) is 65.4 Å². The van der Waals surface area contributed by atoms with Crippen molar-refractivity contribution in [1.82, 2.24) is 9.47 Å². The molecule has 0 spiro atoms. The van der Waals surface area contributed by atoms with Crippen molar-refractivity contribution in [2.24, 2.45) is 5.92 Å². The number of benzene rings is 2. The minimum Gasteiger partial charge on any atom is -0.497 e. The second kappa shape index (κ2) is 13.0. The Hall–Kier alpha value is -2.59. The summed E-state index contributed by atoms with van der Waals surface area (Å²) in [4.78, 5) is 16.7. The molecule has 204 valence electrons. The topological polar surface area (TPSA) is 34.5 Å². The SMILES string of the molecule is CCCCc1c(CCN2CCCCC2CC2CCCCC2)c2cc(OC)ccc2n1C(=O)c1ccccc1. The van der Waals surface area contributed by atoms with E-state index in [4.69, 9.17) is 4.74 Å². The maximum Gasteiger partial charge on any atom is 0.262 e. The molecule has 5 rings (SSSR count). The van der Waals surface area contributed by atoms with Gasteiger partial charge in [-0.05, 0) is 86.9 Å². The Bertz CT molecular complexity index is 1190. The molecule has 1 aliphatic carbocycles. The van der Waals surface area contributed by atoms with E-state index in [1.165, 1.54) is 81.0 Å². The standard InChI is InChI=1S/C34H46N2O2/c1-3-4-18-32-30(21-23-35-22-12-11-17-28(35)24-26-13-7-5-8-14-26)31-25-29(38-2)19-20-33(31)36(32)34(37)27-15-9-6-10-16-27/h6,9-10,15-16,19-20,25-26,28H,3-5,7-8,11-14,17-18,21-24H2,1-2H3. The van der Waals surface area contributed by atoms with E-state index < -0.39 is 0 Å². The van der Waals surface area contributed by atoms with E-state index in [1.54, 1.807) is 7.11 Å². The van der Waals surface area contributed by atoms with Crippen LogP contribution in [-0.4, -0.2) is 41.6 Å². The van der Waals surface area contributed by atoms with Crippen LogP contribution in [0, 0.1) is 5.92 Å². The number of methoxy groups -OCH3 is 1. The fourth-order valence-electron chi connectivity index (χ4n) is 7.03. The first-order valence-corrected chi connectivity index (χ1v) is 15.2. The molecule has 0 radical (unpaired) electrons. The quantitative estimate of drug-likeness (QED) is 0.274. The predicted molar refractivity (Wildman–Crippen MR) is 157 cm³/mol. The summed E-state index contributed by atoms with van der Waals surface area (Å²) in [5.41, 5.74) is 4.30. The fourth-order valence-corrected chi connectivity index (χ4v) is 7.03. The van der Waals surface area contributed by atoms with Gasteiger partial charge in [0.2, 0.25) is 0 Å². The number of carbonyl (C=O) groups excluding carboxylic acids is 1. The molecule has 2 aliphatic rings. The summed E-state index contributed by atoms with van der Waals surface area (Å²) in [6.45, 7) is 4.53. The number of ether oxygens (including phenoxy) is 1. The van der Waals surface area contributed by atoms with Gasteiger partial charge >= 0.3 is 0 Å². The Labute approximate surface area is 229 Å². The van der Waals surface area contributed by atoms with Crippen molar-refractivity contribution >= 4 is 16.8 Å². The van der Waals surface area contributed by atoms with E-state index in [1.807, 2.05) is 41.0 Å². The lowest BCUT2D eigenvalue weighted by Crippen LogP contribution is -2.42. The lowest BCUT2D eigenvalue weighted by molar-refractivity contribution is 0.0961. The van der Waals surface area contributed by atoms with Crippen molar-refractivity contribution in [2.45, 2.75) is 96.4 Å². The summed E-state index contributed by atoms with van der Waals surface area (Å²) in [6.07, 6.45) is 16.7. The van der Waals surface area contributed by atoms with Crippen LogP contribution in [0.2, 0.25) is 0 Å². The van der Waals surface area contributed by atoms with Crippen LogP contribution >= 0.6 is 0 Å². The third-order valence-corrected chi connectivity index (χ3v) is 9.11. The summed E-state index contributed by atoms with van der Waals surface area (Å²) >= 11 is 0. The van der Waals surface area contributed by atoms with Gasteiger partial charge in [-0.3, -0.25) is 9.36 Å². The van der Waals surface area contributed by atoms with Crippen LogP contribution < -0.4 is 4.74 Å². The number of likely N-dealkylation sites (tertiary alicyclic amines) is 1. The number of hydrogen-bond donors (Lipinski definition) is 0. The Morgan fingerprint density at radius 3 is 2.50 bits per heavy atom. The molecule has 38 heavy (non-hydrogen) atoms. The van der Waals surface area contributed by atoms with Crippen LogP contribution in [0.5, 0.6) is 5.75 Å². The Morgan fingerprint density at radius 2 is 1.74 bits per heavy atom. The molecule has 1 saturated carbocycles. The third-order valence-electron chi connectivity index (χ3n) is 9.11. The number of fused-ring (bicyclic) bond motifs is 1. The summed E-state index contributed by atoms with van der Waals surface area (Å²) < 4.78 is 7.66. The number of rotatable bonds is 10. The zero-order valence-corrected chi connectivity index (χ0v) is 23.6. The molecule has 1 atom stereocenters. The van der Waals surface area contributed by atoms with E-state index in [-0.39, 0.29) is 5.91 Å². The van der Waals surface area contributed by atoms with Gasteiger partial charge in [0.15, 0.2) is 0 Å². The lowest BCUT2D eigenvalue weighted by atomic mass is 9.82. The maximum absolute atomic E-state index is 13.9. The lowest BCUT2D eigenvalue weighted by Gasteiger charge is -2.38. The molecule has 0 bridgehead atoms. The Morgan fingerprint density at radius 1 is 0.947 bits per heavy atom. The van der Waals surface area contributed by atoms with Gasteiger partial charge in [0.25, 0.3) is 5.91 Å². The first-order chi connectivity index (χ1) is 18.7. The highest BCUT2D eigenvalue weighted by atomic mass is 16.5. The second-order valence-electron chi connectivity index (χ2n) is 11.6. The Balaban J connectivity index is 1.48. The number of piperidine rings is 1. The first kappa shape index (κ1) is 27.0. The second-order valence-corrected chi connectivity index (χ2v) is 11.6. The molecule has 1 saturated heterocycles. The maximum atomic E-state index is 13.9. The summed E-state index contributed by atoms with van der Waals surface area (Å²) in [7, 11) is 1.73. The van der Waals surface area contributed by atoms with Crippen LogP contribution in [0.4, 0.5) is 0 Å². The highest BCUT2D eigenvalue weighted by molar-refractivity contribution is 6.04. The van der Waals surface area contributed by atoms with E-state index in [0.717, 1.165) is 61.0 Å². The molecule has 1 aliphatic heterocycles. The molecule has 3 aromatic rings.